The smallest absolute Gasteiger partial charge is 0.372 e. The molecule has 8 heteroatoms. The van der Waals surface area contributed by atoms with Crippen LogP contribution in [0.3, 0.4) is 0 Å². The third-order valence-corrected chi connectivity index (χ3v) is 2.46. The van der Waals surface area contributed by atoms with Crippen molar-refractivity contribution in [1.29, 1.82) is 0 Å². The molecule has 0 spiro atoms. The van der Waals surface area contributed by atoms with E-state index in [1.807, 2.05) is 6.07 Å². The molecule has 22 heavy (non-hydrogen) atoms. The van der Waals surface area contributed by atoms with Crippen molar-refractivity contribution in [1.82, 2.24) is 0 Å². The Morgan fingerprint density at radius 3 is 2.00 bits per heavy atom. The van der Waals surface area contributed by atoms with Gasteiger partial charge in [0.05, 0.1) is 0 Å². The van der Waals surface area contributed by atoms with Crippen molar-refractivity contribution in [3.8, 4) is 0 Å². The lowest BCUT2D eigenvalue weighted by Gasteiger charge is -2.01. The Morgan fingerprint density at radius 1 is 1.05 bits per heavy atom. The van der Waals surface area contributed by atoms with Crippen LogP contribution in [0.15, 0.2) is 30.3 Å². The van der Waals surface area contributed by atoms with Gasteiger partial charge >= 0.3 is 11.9 Å². The van der Waals surface area contributed by atoms with E-state index in [4.69, 9.17) is 21.7 Å². The molecule has 0 bridgehead atoms. The van der Waals surface area contributed by atoms with Crippen LogP contribution in [0.1, 0.15) is 18.4 Å². The van der Waals surface area contributed by atoms with E-state index in [1.165, 1.54) is 0 Å². The Hall–Kier alpha value is -2.74. The number of primary amides is 1. The standard InChI is InChI=1S/C9H8O3.C5H10N2O3/c10-8(9(11)12)6-7-4-2-1-3-5-7;6-3(5(9)10)1-2-4(7)8/h1-5H,6H2,(H,11,12);3H,1-2,6H2,(H2,7,8)(H,9,10)/t;3-/m.0/s1. The molecule has 120 valence electrons. The minimum atomic E-state index is -1.38. The molecule has 1 atom stereocenters. The van der Waals surface area contributed by atoms with E-state index in [0.29, 0.717) is 0 Å². The van der Waals surface area contributed by atoms with Crippen LogP contribution in [-0.4, -0.2) is 39.9 Å². The van der Waals surface area contributed by atoms with Gasteiger partial charge in [-0.15, -0.1) is 0 Å². The summed E-state index contributed by atoms with van der Waals surface area (Å²) >= 11 is 0. The van der Waals surface area contributed by atoms with Gasteiger partial charge in [-0.05, 0) is 12.0 Å². The number of carboxylic acid groups (broad SMARTS) is 2. The summed E-state index contributed by atoms with van der Waals surface area (Å²) in [4.78, 5) is 41.0. The number of carboxylic acids is 2. The van der Waals surface area contributed by atoms with Gasteiger partial charge in [0.15, 0.2) is 0 Å². The molecule has 8 nitrogen and oxygen atoms in total. The van der Waals surface area contributed by atoms with Gasteiger partial charge in [-0.3, -0.25) is 14.4 Å². The number of aliphatic carboxylic acids is 2. The normalized spacial score (nSPS) is 10.8. The minimum absolute atomic E-state index is 0.0213. The van der Waals surface area contributed by atoms with Crippen molar-refractivity contribution in [3.05, 3.63) is 35.9 Å². The molecule has 0 aromatic heterocycles. The van der Waals surface area contributed by atoms with Crippen molar-refractivity contribution < 1.29 is 29.4 Å². The highest BCUT2D eigenvalue weighted by Crippen LogP contribution is 1.99. The fraction of sp³-hybridized carbons (Fsp3) is 0.286. The summed E-state index contributed by atoms with van der Waals surface area (Å²) in [5, 5.41) is 16.5. The summed E-state index contributed by atoms with van der Waals surface area (Å²) in [6.45, 7) is 0. The van der Waals surface area contributed by atoms with Crippen molar-refractivity contribution in [2.45, 2.75) is 25.3 Å². The first-order valence-electron chi connectivity index (χ1n) is 6.30. The zero-order valence-electron chi connectivity index (χ0n) is 11.8. The second kappa shape index (κ2) is 10.1. The van der Waals surface area contributed by atoms with E-state index >= 15 is 0 Å². The highest BCUT2D eigenvalue weighted by molar-refractivity contribution is 6.33. The number of benzene rings is 1. The minimum Gasteiger partial charge on any atom is -0.480 e. The molecule has 0 fully saturated rings. The maximum atomic E-state index is 10.7. The van der Waals surface area contributed by atoms with Crippen LogP contribution < -0.4 is 11.5 Å². The molecule has 0 heterocycles. The van der Waals surface area contributed by atoms with Crippen molar-refractivity contribution in [3.63, 3.8) is 0 Å². The SMILES string of the molecule is NC(=O)CC[C@H](N)C(=O)O.O=C(O)C(=O)Cc1ccccc1. The molecule has 0 aliphatic rings. The first kappa shape index (κ1) is 19.3. The number of Topliss-reactive ketones (excluding diaryl/α,β-unsaturated/α-hetero) is 1. The molecule has 1 amide bonds. The predicted octanol–water partition coefficient (Wildman–Crippen LogP) is -0.453. The molecule has 6 N–H and O–H groups in total. The highest BCUT2D eigenvalue weighted by Gasteiger charge is 2.11. The summed E-state index contributed by atoms with van der Waals surface area (Å²) in [7, 11) is 0. The van der Waals surface area contributed by atoms with Crippen LogP contribution in [0.25, 0.3) is 0 Å². The van der Waals surface area contributed by atoms with Gasteiger partial charge in [-0.1, -0.05) is 30.3 Å². The topological polar surface area (TPSA) is 161 Å². The number of hydrogen-bond donors (Lipinski definition) is 4. The van der Waals surface area contributed by atoms with E-state index in [-0.39, 0.29) is 19.3 Å². The molecule has 0 aliphatic carbocycles. The Bertz CT molecular complexity index is 529. The van der Waals surface area contributed by atoms with E-state index in [2.05, 4.69) is 0 Å². The molecule has 1 aromatic rings. The van der Waals surface area contributed by atoms with E-state index in [0.717, 1.165) is 5.56 Å². The second-order valence-corrected chi connectivity index (χ2v) is 4.34. The lowest BCUT2D eigenvalue weighted by atomic mass is 10.1. The van der Waals surface area contributed by atoms with Gasteiger partial charge in [0.1, 0.15) is 6.04 Å². The number of amides is 1. The number of carbonyl (C=O) groups excluding carboxylic acids is 2. The van der Waals surface area contributed by atoms with Crippen molar-refractivity contribution in [2.24, 2.45) is 11.5 Å². The fourth-order valence-electron chi connectivity index (χ4n) is 1.28. The molecular weight excluding hydrogens is 292 g/mol. The second-order valence-electron chi connectivity index (χ2n) is 4.34. The van der Waals surface area contributed by atoms with Crippen LogP contribution in [0.2, 0.25) is 0 Å². The van der Waals surface area contributed by atoms with E-state index in [1.54, 1.807) is 24.3 Å². The van der Waals surface area contributed by atoms with E-state index in [9.17, 15) is 19.2 Å². The lowest BCUT2D eigenvalue weighted by Crippen LogP contribution is -2.31. The van der Waals surface area contributed by atoms with Crippen LogP contribution in [0, 0.1) is 0 Å². The van der Waals surface area contributed by atoms with Gasteiger partial charge in [-0.2, -0.15) is 0 Å². The Morgan fingerprint density at radius 2 is 1.59 bits per heavy atom. The highest BCUT2D eigenvalue weighted by atomic mass is 16.4. The molecule has 0 radical (unpaired) electrons. The lowest BCUT2D eigenvalue weighted by molar-refractivity contribution is -0.148. The number of rotatable bonds is 7. The first-order chi connectivity index (χ1) is 10.2. The molecular formula is C14H18N2O6. The number of nitrogens with two attached hydrogens (primary N) is 2. The van der Waals surface area contributed by atoms with Crippen LogP contribution in [0.4, 0.5) is 0 Å². The monoisotopic (exact) mass is 310 g/mol. The van der Waals surface area contributed by atoms with Crippen LogP contribution in [-0.2, 0) is 25.6 Å². The summed E-state index contributed by atoms with van der Waals surface area (Å²) < 4.78 is 0. The molecule has 0 saturated carbocycles. The van der Waals surface area contributed by atoms with Crippen molar-refractivity contribution in [2.75, 3.05) is 0 Å². The van der Waals surface area contributed by atoms with Gasteiger partial charge < -0.3 is 21.7 Å². The number of carbonyl (C=O) groups is 4. The first-order valence-corrected chi connectivity index (χ1v) is 6.30. The molecule has 0 saturated heterocycles. The summed E-state index contributed by atoms with van der Waals surface area (Å²) in [5.41, 5.74) is 10.5. The predicted molar refractivity (Wildman–Crippen MR) is 76.8 cm³/mol. The zero-order chi connectivity index (χ0) is 17.1. The van der Waals surface area contributed by atoms with Crippen LogP contribution >= 0.6 is 0 Å². The average molecular weight is 310 g/mol. The van der Waals surface area contributed by atoms with Crippen LogP contribution in [0.5, 0.6) is 0 Å². The van der Waals surface area contributed by atoms with Crippen molar-refractivity contribution >= 4 is 23.6 Å². The summed E-state index contributed by atoms with van der Waals surface area (Å²) in [6.07, 6.45) is 0.0916. The third kappa shape index (κ3) is 9.21. The molecule has 1 rings (SSSR count). The largest absolute Gasteiger partial charge is 0.480 e. The van der Waals surface area contributed by atoms with Gasteiger partial charge in [-0.25, -0.2) is 4.79 Å². The van der Waals surface area contributed by atoms with E-state index < -0.39 is 29.7 Å². The van der Waals surface area contributed by atoms with Gasteiger partial charge in [0.25, 0.3) is 0 Å². The average Bonchev–Trinajstić information content (AvgIpc) is 2.46. The Labute approximate surface area is 126 Å². The van der Waals surface area contributed by atoms with Gasteiger partial charge in [0.2, 0.25) is 11.7 Å². The third-order valence-electron chi connectivity index (χ3n) is 2.46. The molecule has 0 aliphatic heterocycles. The van der Waals surface area contributed by atoms with Gasteiger partial charge in [0, 0.05) is 12.8 Å². The molecule has 1 aromatic carbocycles. The number of hydrogen-bond acceptors (Lipinski definition) is 5. The maximum absolute atomic E-state index is 10.7. The summed E-state index contributed by atoms with van der Waals surface area (Å²) in [5.74, 6) is -3.79. The molecule has 0 unspecified atom stereocenters. The quantitative estimate of drug-likeness (QED) is 0.496. The maximum Gasteiger partial charge on any atom is 0.372 e. The fourth-order valence-corrected chi connectivity index (χ4v) is 1.28. The Balaban J connectivity index is 0.000000409. The zero-order valence-corrected chi connectivity index (χ0v) is 11.8. The Kier molecular flexibility index (Phi) is 8.80. The summed E-state index contributed by atoms with van der Waals surface area (Å²) in [6, 6.07) is 7.82. The number of ketones is 1.